The van der Waals surface area contributed by atoms with E-state index in [-0.39, 0.29) is 5.75 Å². The molecule has 4 nitrogen and oxygen atoms in total. The van der Waals surface area contributed by atoms with Crippen molar-refractivity contribution in [3.05, 3.63) is 64.1 Å². The summed E-state index contributed by atoms with van der Waals surface area (Å²) < 4.78 is 29.9. The van der Waals surface area contributed by atoms with Crippen molar-refractivity contribution in [1.82, 2.24) is 0 Å². The molecule has 2 N–H and O–H groups in total. The van der Waals surface area contributed by atoms with Gasteiger partial charge in [0.2, 0.25) is 5.66 Å². The first-order chi connectivity index (χ1) is 11.4. The lowest BCUT2D eigenvalue weighted by atomic mass is 9.92. The number of amidine groups is 1. The maximum absolute atomic E-state index is 12.3. The SMILES string of the molecule is CC1=NC(c2ccc(OC(F)F)cc2)(c2cccc(Br)c2)N=C1N. The maximum Gasteiger partial charge on any atom is 0.387 e. The quantitative estimate of drug-likeness (QED) is 0.850. The Bertz CT molecular complexity index is 801. The molecule has 0 amide bonds. The summed E-state index contributed by atoms with van der Waals surface area (Å²) in [4.78, 5) is 9.21. The molecular formula is C17H14BrF2N3O. The van der Waals surface area contributed by atoms with Gasteiger partial charge in [-0.3, -0.25) is 0 Å². The van der Waals surface area contributed by atoms with Gasteiger partial charge >= 0.3 is 6.61 Å². The fourth-order valence-corrected chi connectivity index (χ4v) is 2.98. The number of alkyl halides is 2. The van der Waals surface area contributed by atoms with Crippen LogP contribution in [0.25, 0.3) is 0 Å². The standard InChI is InChI=1S/C17H14BrF2N3O/c1-10-15(21)23-17(22-10,12-3-2-4-13(18)9-12)11-5-7-14(8-6-11)24-16(19)20/h2-9,16H,1H3,(H2,21,23). The highest BCUT2D eigenvalue weighted by Gasteiger charge is 2.38. The molecular weight excluding hydrogens is 380 g/mol. The average Bonchev–Trinajstić information content (AvgIpc) is 2.84. The second-order valence-electron chi connectivity index (χ2n) is 5.28. The van der Waals surface area contributed by atoms with Crippen LogP contribution in [0.1, 0.15) is 18.1 Å². The predicted molar refractivity (Wildman–Crippen MR) is 92.7 cm³/mol. The third-order valence-electron chi connectivity index (χ3n) is 3.69. The van der Waals surface area contributed by atoms with E-state index in [1.807, 2.05) is 24.3 Å². The summed E-state index contributed by atoms with van der Waals surface area (Å²) in [6.07, 6.45) is 0. The van der Waals surface area contributed by atoms with Crippen molar-refractivity contribution >= 4 is 27.5 Å². The molecule has 24 heavy (non-hydrogen) atoms. The number of rotatable bonds is 4. The second kappa shape index (κ2) is 6.32. The lowest BCUT2D eigenvalue weighted by molar-refractivity contribution is -0.0498. The fraction of sp³-hybridized carbons (Fsp3) is 0.176. The van der Waals surface area contributed by atoms with Crippen LogP contribution in [0.5, 0.6) is 5.75 Å². The van der Waals surface area contributed by atoms with Gasteiger partial charge in [0.15, 0.2) is 0 Å². The molecule has 2 aromatic rings. The topological polar surface area (TPSA) is 60.0 Å². The first-order valence-corrected chi connectivity index (χ1v) is 7.93. The van der Waals surface area contributed by atoms with Gasteiger partial charge in [-0.1, -0.05) is 40.2 Å². The molecule has 0 bridgehead atoms. The summed E-state index contributed by atoms with van der Waals surface area (Å²) in [7, 11) is 0. The van der Waals surface area contributed by atoms with Gasteiger partial charge in [0, 0.05) is 15.6 Å². The Kier molecular flexibility index (Phi) is 4.36. The zero-order chi connectivity index (χ0) is 17.3. The van der Waals surface area contributed by atoms with Gasteiger partial charge in [-0.05, 0) is 31.2 Å². The molecule has 124 valence electrons. The summed E-state index contributed by atoms with van der Waals surface area (Å²) in [6, 6.07) is 13.8. The van der Waals surface area contributed by atoms with E-state index in [4.69, 9.17) is 5.73 Å². The number of nitrogens with two attached hydrogens (primary N) is 1. The van der Waals surface area contributed by atoms with Gasteiger partial charge < -0.3 is 10.5 Å². The minimum Gasteiger partial charge on any atom is -0.435 e. The van der Waals surface area contributed by atoms with Crippen LogP contribution in [-0.4, -0.2) is 18.2 Å². The largest absolute Gasteiger partial charge is 0.435 e. The molecule has 1 atom stereocenters. The first kappa shape index (κ1) is 16.6. The summed E-state index contributed by atoms with van der Waals surface area (Å²) in [5, 5.41) is 0. The van der Waals surface area contributed by atoms with Crippen LogP contribution in [-0.2, 0) is 5.66 Å². The molecule has 0 saturated heterocycles. The molecule has 7 heteroatoms. The molecule has 1 unspecified atom stereocenters. The van der Waals surface area contributed by atoms with Crippen molar-refractivity contribution < 1.29 is 13.5 Å². The average molecular weight is 394 g/mol. The Balaban J connectivity index is 2.11. The summed E-state index contributed by atoms with van der Waals surface area (Å²) in [5.74, 6) is 0.427. The zero-order valence-electron chi connectivity index (χ0n) is 12.7. The third-order valence-corrected chi connectivity index (χ3v) is 4.18. The summed E-state index contributed by atoms with van der Waals surface area (Å²) >= 11 is 3.44. The molecule has 0 aliphatic carbocycles. The Hall–Kier alpha value is -2.28. The summed E-state index contributed by atoms with van der Waals surface area (Å²) in [5.41, 5.74) is 7.08. The van der Waals surface area contributed by atoms with Gasteiger partial charge in [0.1, 0.15) is 11.6 Å². The number of ether oxygens (including phenoxy) is 1. The van der Waals surface area contributed by atoms with E-state index in [0.29, 0.717) is 17.1 Å². The number of hydrogen-bond acceptors (Lipinski definition) is 4. The Labute approximate surface area is 146 Å². The van der Waals surface area contributed by atoms with Gasteiger partial charge in [-0.25, -0.2) is 9.98 Å². The predicted octanol–water partition coefficient (Wildman–Crippen LogP) is 4.08. The molecule has 1 heterocycles. The number of aliphatic imine (C=N–C) groups is 2. The van der Waals surface area contributed by atoms with Gasteiger partial charge in [0.05, 0.1) is 5.71 Å². The van der Waals surface area contributed by atoms with Gasteiger partial charge in [0.25, 0.3) is 0 Å². The van der Waals surface area contributed by atoms with Crippen LogP contribution < -0.4 is 10.5 Å². The van der Waals surface area contributed by atoms with Gasteiger partial charge in [-0.15, -0.1) is 0 Å². The van der Waals surface area contributed by atoms with Crippen molar-refractivity contribution in [3.8, 4) is 5.75 Å². The van der Waals surface area contributed by atoms with Crippen molar-refractivity contribution in [1.29, 1.82) is 0 Å². The van der Waals surface area contributed by atoms with Crippen molar-refractivity contribution in [3.63, 3.8) is 0 Å². The number of benzene rings is 2. The normalized spacial score (nSPS) is 20.0. The molecule has 2 aromatic carbocycles. The molecule has 0 spiro atoms. The lowest BCUT2D eigenvalue weighted by Crippen LogP contribution is -2.22. The fourth-order valence-electron chi connectivity index (χ4n) is 2.58. The molecule has 3 rings (SSSR count). The van der Waals surface area contributed by atoms with Crippen LogP contribution in [0.3, 0.4) is 0 Å². The highest BCUT2D eigenvalue weighted by molar-refractivity contribution is 9.10. The minimum atomic E-state index is -2.87. The molecule has 0 radical (unpaired) electrons. The molecule has 0 saturated carbocycles. The van der Waals surface area contributed by atoms with Crippen LogP contribution in [0, 0.1) is 0 Å². The molecule has 0 aromatic heterocycles. The van der Waals surface area contributed by atoms with E-state index in [2.05, 4.69) is 30.7 Å². The molecule has 1 aliphatic heterocycles. The number of nitrogens with zero attached hydrogens (tertiary/aromatic N) is 2. The Morgan fingerprint density at radius 1 is 1.08 bits per heavy atom. The van der Waals surface area contributed by atoms with E-state index in [9.17, 15) is 8.78 Å². The van der Waals surface area contributed by atoms with E-state index in [1.54, 1.807) is 19.1 Å². The summed E-state index contributed by atoms with van der Waals surface area (Å²) in [6.45, 7) is -1.08. The lowest BCUT2D eigenvalue weighted by Gasteiger charge is -2.24. The van der Waals surface area contributed by atoms with Crippen molar-refractivity contribution in [2.45, 2.75) is 19.2 Å². The van der Waals surface area contributed by atoms with Crippen LogP contribution in [0.4, 0.5) is 8.78 Å². The smallest absolute Gasteiger partial charge is 0.387 e. The second-order valence-corrected chi connectivity index (χ2v) is 6.20. The highest BCUT2D eigenvalue weighted by Crippen LogP contribution is 2.39. The van der Waals surface area contributed by atoms with Crippen molar-refractivity contribution in [2.75, 3.05) is 0 Å². The van der Waals surface area contributed by atoms with Crippen LogP contribution in [0.15, 0.2) is 63.0 Å². The monoisotopic (exact) mass is 393 g/mol. The highest BCUT2D eigenvalue weighted by atomic mass is 79.9. The number of halogens is 3. The van der Waals surface area contributed by atoms with E-state index in [1.165, 1.54) is 12.1 Å². The zero-order valence-corrected chi connectivity index (χ0v) is 14.3. The Morgan fingerprint density at radius 2 is 1.79 bits per heavy atom. The van der Waals surface area contributed by atoms with Gasteiger partial charge in [-0.2, -0.15) is 8.78 Å². The van der Waals surface area contributed by atoms with E-state index in [0.717, 1.165) is 10.0 Å². The first-order valence-electron chi connectivity index (χ1n) is 7.14. The van der Waals surface area contributed by atoms with Crippen LogP contribution >= 0.6 is 15.9 Å². The van der Waals surface area contributed by atoms with E-state index < -0.39 is 12.3 Å². The Morgan fingerprint density at radius 3 is 2.33 bits per heavy atom. The molecule has 0 fully saturated rings. The van der Waals surface area contributed by atoms with Crippen LogP contribution in [0.2, 0.25) is 0 Å². The minimum absolute atomic E-state index is 0.0776. The number of hydrogen-bond donors (Lipinski definition) is 1. The maximum atomic E-state index is 12.3. The molecule has 1 aliphatic rings. The van der Waals surface area contributed by atoms with Crippen molar-refractivity contribution in [2.24, 2.45) is 15.7 Å². The third kappa shape index (κ3) is 3.03. The van der Waals surface area contributed by atoms with E-state index >= 15 is 0 Å².